The number of hydrogen-bond donors (Lipinski definition) is 3. The predicted octanol–water partition coefficient (Wildman–Crippen LogP) is 1.18. The van der Waals surface area contributed by atoms with Crippen LogP contribution in [-0.2, 0) is 4.79 Å². The number of aliphatic carboxylic acids is 1. The van der Waals surface area contributed by atoms with Crippen molar-refractivity contribution in [2.24, 2.45) is 5.92 Å². The SMILES string of the molecule is C[C@@H](Nc1cc(NCC2CC2)ncn1)C(=O)O. The minimum atomic E-state index is -0.906. The Balaban J connectivity index is 1.92. The second-order valence-corrected chi connectivity index (χ2v) is 4.32. The predicted molar refractivity (Wildman–Crippen MR) is 64.0 cm³/mol. The summed E-state index contributed by atoms with van der Waals surface area (Å²) in [6.45, 7) is 2.49. The Labute approximate surface area is 99.5 Å². The molecule has 1 atom stereocenters. The smallest absolute Gasteiger partial charge is 0.325 e. The van der Waals surface area contributed by atoms with Crippen molar-refractivity contribution < 1.29 is 9.90 Å². The molecule has 0 aromatic carbocycles. The van der Waals surface area contributed by atoms with E-state index in [1.54, 1.807) is 13.0 Å². The van der Waals surface area contributed by atoms with Crippen LogP contribution < -0.4 is 10.6 Å². The zero-order valence-electron chi connectivity index (χ0n) is 9.68. The average molecular weight is 236 g/mol. The quantitative estimate of drug-likeness (QED) is 0.687. The molecule has 1 fully saturated rings. The molecule has 0 saturated heterocycles. The molecule has 1 heterocycles. The van der Waals surface area contributed by atoms with Crippen LogP contribution in [0.1, 0.15) is 19.8 Å². The van der Waals surface area contributed by atoms with Crippen LogP contribution in [0.3, 0.4) is 0 Å². The normalized spacial score (nSPS) is 16.3. The fraction of sp³-hybridized carbons (Fsp3) is 0.545. The number of rotatable bonds is 6. The molecule has 0 aliphatic heterocycles. The van der Waals surface area contributed by atoms with Gasteiger partial charge in [0, 0.05) is 12.6 Å². The molecule has 6 nitrogen and oxygen atoms in total. The molecule has 1 aromatic rings. The molecule has 6 heteroatoms. The molecule has 0 unspecified atom stereocenters. The van der Waals surface area contributed by atoms with Crippen LogP contribution >= 0.6 is 0 Å². The van der Waals surface area contributed by atoms with Gasteiger partial charge in [-0.05, 0) is 25.7 Å². The molecule has 3 N–H and O–H groups in total. The third-order valence-corrected chi connectivity index (χ3v) is 2.67. The highest BCUT2D eigenvalue weighted by Crippen LogP contribution is 2.28. The number of hydrogen-bond acceptors (Lipinski definition) is 5. The minimum absolute atomic E-state index is 0.521. The lowest BCUT2D eigenvalue weighted by molar-refractivity contribution is -0.137. The van der Waals surface area contributed by atoms with Gasteiger partial charge in [0.25, 0.3) is 0 Å². The molecule has 92 valence electrons. The van der Waals surface area contributed by atoms with E-state index in [2.05, 4.69) is 20.6 Å². The van der Waals surface area contributed by atoms with Crippen LogP contribution in [0, 0.1) is 5.92 Å². The van der Waals surface area contributed by atoms with E-state index in [4.69, 9.17) is 5.11 Å². The maximum absolute atomic E-state index is 10.7. The number of carbonyl (C=O) groups is 1. The Hall–Kier alpha value is -1.85. The highest BCUT2D eigenvalue weighted by molar-refractivity contribution is 5.76. The molecular formula is C11H16N4O2. The second kappa shape index (κ2) is 4.99. The van der Waals surface area contributed by atoms with Crippen LogP contribution in [0.5, 0.6) is 0 Å². The molecule has 1 aliphatic rings. The molecule has 1 aliphatic carbocycles. The van der Waals surface area contributed by atoms with Crippen LogP contribution in [-0.4, -0.2) is 33.6 Å². The Bertz CT molecular complexity index is 406. The first-order chi connectivity index (χ1) is 8.15. The van der Waals surface area contributed by atoms with Crippen LogP contribution in [0.4, 0.5) is 11.6 Å². The van der Waals surface area contributed by atoms with E-state index in [-0.39, 0.29) is 0 Å². The van der Waals surface area contributed by atoms with E-state index >= 15 is 0 Å². The molecule has 2 rings (SSSR count). The lowest BCUT2D eigenvalue weighted by atomic mass is 10.3. The van der Waals surface area contributed by atoms with Gasteiger partial charge in [-0.2, -0.15) is 0 Å². The maximum Gasteiger partial charge on any atom is 0.325 e. The van der Waals surface area contributed by atoms with Crippen molar-refractivity contribution in [1.29, 1.82) is 0 Å². The summed E-state index contributed by atoms with van der Waals surface area (Å²) in [5.41, 5.74) is 0. The largest absolute Gasteiger partial charge is 0.480 e. The van der Waals surface area contributed by atoms with E-state index in [1.165, 1.54) is 19.2 Å². The number of nitrogens with zero attached hydrogens (tertiary/aromatic N) is 2. The summed E-state index contributed by atoms with van der Waals surface area (Å²) in [6, 6.07) is 1.06. The van der Waals surface area contributed by atoms with Crippen molar-refractivity contribution in [3.05, 3.63) is 12.4 Å². The molecule has 0 bridgehead atoms. The molecule has 17 heavy (non-hydrogen) atoms. The van der Waals surface area contributed by atoms with E-state index < -0.39 is 12.0 Å². The van der Waals surface area contributed by atoms with Gasteiger partial charge in [0.1, 0.15) is 24.0 Å². The monoisotopic (exact) mass is 236 g/mol. The van der Waals surface area contributed by atoms with Gasteiger partial charge < -0.3 is 15.7 Å². The molecule has 0 spiro atoms. The highest BCUT2D eigenvalue weighted by atomic mass is 16.4. The van der Waals surface area contributed by atoms with E-state index in [0.29, 0.717) is 5.82 Å². The Morgan fingerprint density at radius 1 is 1.53 bits per heavy atom. The third kappa shape index (κ3) is 3.58. The van der Waals surface area contributed by atoms with E-state index in [0.717, 1.165) is 18.3 Å². The van der Waals surface area contributed by atoms with Gasteiger partial charge in [-0.25, -0.2) is 9.97 Å². The summed E-state index contributed by atoms with van der Waals surface area (Å²) in [7, 11) is 0. The number of carboxylic acid groups (broad SMARTS) is 1. The first kappa shape index (κ1) is 11.6. The summed E-state index contributed by atoms with van der Waals surface area (Å²) in [5, 5.41) is 14.8. The molecule has 1 aromatic heterocycles. The van der Waals surface area contributed by atoms with Gasteiger partial charge in [0.05, 0.1) is 0 Å². The van der Waals surface area contributed by atoms with Gasteiger partial charge in [-0.15, -0.1) is 0 Å². The number of anilines is 2. The second-order valence-electron chi connectivity index (χ2n) is 4.32. The van der Waals surface area contributed by atoms with Crippen LogP contribution in [0.25, 0.3) is 0 Å². The minimum Gasteiger partial charge on any atom is -0.480 e. The Kier molecular flexibility index (Phi) is 3.41. The standard InChI is InChI=1S/C11H16N4O2/c1-7(11(16)17)15-10-4-9(13-6-14-10)12-5-8-2-3-8/h4,6-8H,2-3,5H2,1H3,(H,16,17)(H2,12,13,14,15)/t7-/m1/s1. The number of carboxylic acids is 1. The zero-order valence-corrected chi connectivity index (χ0v) is 9.68. The topological polar surface area (TPSA) is 87.1 Å². The average Bonchev–Trinajstić information content (AvgIpc) is 3.10. The summed E-state index contributed by atoms with van der Waals surface area (Å²) >= 11 is 0. The summed E-state index contributed by atoms with van der Waals surface area (Å²) in [5.74, 6) is 1.11. The number of nitrogens with one attached hydrogen (secondary N) is 2. The zero-order chi connectivity index (χ0) is 12.3. The Morgan fingerprint density at radius 2 is 2.24 bits per heavy atom. The van der Waals surface area contributed by atoms with Gasteiger partial charge in [-0.3, -0.25) is 4.79 Å². The highest BCUT2D eigenvalue weighted by Gasteiger charge is 2.20. The lowest BCUT2D eigenvalue weighted by Gasteiger charge is -2.11. The van der Waals surface area contributed by atoms with Gasteiger partial charge in [0.15, 0.2) is 0 Å². The fourth-order valence-electron chi connectivity index (χ4n) is 1.39. The first-order valence-corrected chi connectivity index (χ1v) is 5.70. The molecular weight excluding hydrogens is 220 g/mol. The van der Waals surface area contributed by atoms with E-state index in [1.807, 2.05) is 0 Å². The lowest BCUT2D eigenvalue weighted by Crippen LogP contribution is -2.26. The van der Waals surface area contributed by atoms with Gasteiger partial charge in [-0.1, -0.05) is 0 Å². The number of aromatic nitrogens is 2. The summed E-state index contributed by atoms with van der Waals surface area (Å²) in [6.07, 6.45) is 3.98. The summed E-state index contributed by atoms with van der Waals surface area (Å²) < 4.78 is 0. The van der Waals surface area contributed by atoms with E-state index in [9.17, 15) is 4.79 Å². The van der Waals surface area contributed by atoms with Crippen molar-refractivity contribution >= 4 is 17.6 Å². The van der Waals surface area contributed by atoms with Crippen molar-refractivity contribution in [3.8, 4) is 0 Å². The van der Waals surface area contributed by atoms with Crippen LogP contribution in [0.15, 0.2) is 12.4 Å². The van der Waals surface area contributed by atoms with Crippen molar-refractivity contribution in [1.82, 2.24) is 9.97 Å². The fourth-order valence-corrected chi connectivity index (χ4v) is 1.39. The Morgan fingerprint density at radius 3 is 2.88 bits per heavy atom. The van der Waals surface area contributed by atoms with Gasteiger partial charge in [0.2, 0.25) is 0 Å². The van der Waals surface area contributed by atoms with Crippen molar-refractivity contribution in [2.45, 2.75) is 25.8 Å². The molecule has 0 radical (unpaired) electrons. The summed E-state index contributed by atoms with van der Waals surface area (Å²) in [4.78, 5) is 18.8. The third-order valence-electron chi connectivity index (χ3n) is 2.67. The maximum atomic E-state index is 10.7. The first-order valence-electron chi connectivity index (χ1n) is 5.70. The van der Waals surface area contributed by atoms with Gasteiger partial charge >= 0.3 is 5.97 Å². The van der Waals surface area contributed by atoms with Crippen molar-refractivity contribution in [2.75, 3.05) is 17.2 Å². The molecule has 1 saturated carbocycles. The van der Waals surface area contributed by atoms with Crippen LogP contribution in [0.2, 0.25) is 0 Å². The van der Waals surface area contributed by atoms with Crippen molar-refractivity contribution in [3.63, 3.8) is 0 Å². The molecule has 0 amide bonds.